The molecule has 1 N–H and O–H groups in total. The monoisotopic (exact) mass is 605 g/mol. The van der Waals surface area contributed by atoms with Crippen LogP contribution in [0.5, 0.6) is 5.75 Å². The van der Waals surface area contributed by atoms with Crippen molar-refractivity contribution in [2.24, 2.45) is 5.92 Å². The van der Waals surface area contributed by atoms with Crippen LogP contribution in [0.4, 0.5) is 5.13 Å². The summed E-state index contributed by atoms with van der Waals surface area (Å²) in [7, 11) is 0. The SMILES string of the molecule is CC(C)CCOc1cccc(C2C(=C(O)c3ccccc3)C(=O)C(=O)N2c2nnc(SCc3ccc(Cl)cc3)s2)c1. The molecule has 0 spiro atoms. The van der Waals surface area contributed by atoms with Gasteiger partial charge in [-0.25, -0.2) is 0 Å². The first kappa shape index (κ1) is 28.9. The fourth-order valence-corrected chi connectivity index (χ4v) is 6.32. The minimum Gasteiger partial charge on any atom is -0.507 e. The Hall–Kier alpha value is -3.66. The van der Waals surface area contributed by atoms with Crippen molar-refractivity contribution in [3.8, 4) is 5.75 Å². The molecule has 1 saturated heterocycles. The van der Waals surface area contributed by atoms with Crippen LogP contribution in [0.2, 0.25) is 5.02 Å². The highest BCUT2D eigenvalue weighted by atomic mass is 35.5. The van der Waals surface area contributed by atoms with E-state index in [-0.39, 0.29) is 16.5 Å². The lowest BCUT2D eigenvalue weighted by atomic mass is 9.95. The Morgan fingerprint density at radius 1 is 1.05 bits per heavy atom. The number of hydrogen-bond acceptors (Lipinski definition) is 8. The third kappa shape index (κ3) is 6.64. The third-order valence-corrected chi connectivity index (χ3v) is 8.89. The number of nitrogens with zero attached hydrogens (tertiary/aromatic N) is 3. The number of ketones is 1. The molecule has 210 valence electrons. The van der Waals surface area contributed by atoms with Gasteiger partial charge >= 0.3 is 5.91 Å². The Morgan fingerprint density at radius 2 is 1.80 bits per heavy atom. The second-order valence-corrected chi connectivity index (χ2v) is 12.5. The Labute approximate surface area is 251 Å². The van der Waals surface area contributed by atoms with E-state index >= 15 is 0 Å². The van der Waals surface area contributed by atoms with Gasteiger partial charge in [0.1, 0.15) is 11.5 Å². The fourth-order valence-electron chi connectivity index (χ4n) is 4.37. The molecule has 0 radical (unpaired) electrons. The normalized spacial score (nSPS) is 16.5. The second-order valence-electron chi connectivity index (χ2n) is 9.90. The number of benzene rings is 3. The highest BCUT2D eigenvalue weighted by Crippen LogP contribution is 2.44. The van der Waals surface area contributed by atoms with Gasteiger partial charge in [0.25, 0.3) is 5.78 Å². The number of carbonyl (C=O) groups excluding carboxylic acids is 2. The van der Waals surface area contributed by atoms with Gasteiger partial charge < -0.3 is 9.84 Å². The predicted molar refractivity (Wildman–Crippen MR) is 164 cm³/mol. The molecule has 1 atom stereocenters. The molecule has 1 unspecified atom stereocenters. The van der Waals surface area contributed by atoms with E-state index in [0.717, 1.165) is 12.0 Å². The number of ether oxygens (including phenoxy) is 1. The number of hydrogen-bond donors (Lipinski definition) is 1. The zero-order chi connectivity index (χ0) is 28.9. The third-order valence-electron chi connectivity index (χ3n) is 6.51. The van der Waals surface area contributed by atoms with Crippen molar-refractivity contribution in [3.05, 3.63) is 106 Å². The largest absolute Gasteiger partial charge is 0.507 e. The van der Waals surface area contributed by atoms with E-state index in [2.05, 4.69) is 24.0 Å². The molecule has 1 aromatic heterocycles. The molecule has 10 heteroatoms. The topological polar surface area (TPSA) is 92.6 Å². The summed E-state index contributed by atoms with van der Waals surface area (Å²) in [6, 6.07) is 22.6. The Kier molecular flexibility index (Phi) is 9.07. The minimum absolute atomic E-state index is 0.00824. The molecular formula is C31H28ClN3O4S2. The number of Topliss-reactive ketones (excluding diaryl/α,β-unsaturated/α-hetero) is 1. The van der Waals surface area contributed by atoms with Crippen molar-refractivity contribution < 1.29 is 19.4 Å². The van der Waals surface area contributed by atoms with Gasteiger partial charge in [-0.3, -0.25) is 14.5 Å². The van der Waals surface area contributed by atoms with Gasteiger partial charge in [-0.05, 0) is 47.7 Å². The Bertz CT molecular complexity index is 1570. The van der Waals surface area contributed by atoms with Crippen LogP contribution in [0.15, 0.2) is 88.8 Å². The molecule has 5 rings (SSSR count). The quantitative estimate of drug-likeness (QED) is 0.0656. The maximum Gasteiger partial charge on any atom is 0.301 e. The lowest BCUT2D eigenvalue weighted by molar-refractivity contribution is -0.132. The zero-order valence-electron chi connectivity index (χ0n) is 22.5. The van der Waals surface area contributed by atoms with Crippen molar-refractivity contribution in [2.45, 2.75) is 36.4 Å². The number of amides is 1. The number of aliphatic hydroxyl groups excluding tert-OH is 1. The molecule has 41 heavy (non-hydrogen) atoms. The highest BCUT2D eigenvalue weighted by Gasteiger charge is 2.48. The van der Waals surface area contributed by atoms with Crippen molar-refractivity contribution in [1.29, 1.82) is 0 Å². The molecular weight excluding hydrogens is 578 g/mol. The van der Waals surface area contributed by atoms with Crippen LogP contribution in [0.25, 0.3) is 5.76 Å². The Morgan fingerprint density at radius 3 is 2.54 bits per heavy atom. The molecule has 1 amide bonds. The van der Waals surface area contributed by atoms with Gasteiger partial charge in [0.15, 0.2) is 4.34 Å². The van der Waals surface area contributed by atoms with Crippen LogP contribution in [-0.4, -0.2) is 33.6 Å². The van der Waals surface area contributed by atoms with Gasteiger partial charge in [0.05, 0.1) is 18.2 Å². The summed E-state index contributed by atoms with van der Waals surface area (Å²) in [5.74, 6) is -0.0654. The second kappa shape index (κ2) is 12.9. The van der Waals surface area contributed by atoms with Gasteiger partial charge in [-0.1, -0.05) is 103 Å². The molecule has 0 aliphatic carbocycles. The van der Waals surface area contributed by atoms with Crippen LogP contribution in [0.3, 0.4) is 0 Å². The van der Waals surface area contributed by atoms with Gasteiger partial charge in [0.2, 0.25) is 5.13 Å². The van der Waals surface area contributed by atoms with E-state index in [0.29, 0.717) is 44.5 Å². The summed E-state index contributed by atoms with van der Waals surface area (Å²) in [5.41, 5.74) is 2.12. The van der Waals surface area contributed by atoms with Crippen LogP contribution >= 0.6 is 34.7 Å². The predicted octanol–water partition coefficient (Wildman–Crippen LogP) is 7.54. The van der Waals surface area contributed by atoms with E-state index < -0.39 is 17.7 Å². The first-order valence-corrected chi connectivity index (χ1v) is 15.3. The van der Waals surface area contributed by atoms with E-state index in [4.69, 9.17) is 16.3 Å². The summed E-state index contributed by atoms with van der Waals surface area (Å²) >= 11 is 8.69. The van der Waals surface area contributed by atoms with Crippen molar-refractivity contribution in [3.63, 3.8) is 0 Å². The van der Waals surface area contributed by atoms with E-state index in [1.165, 1.54) is 28.0 Å². The van der Waals surface area contributed by atoms with Crippen molar-refractivity contribution in [1.82, 2.24) is 10.2 Å². The van der Waals surface area contributed by atoms with Gasteiger partial charge in [-0.2, -0.15) is 0 Å². The van der Waals surface area contributed by atoms with E-state index in [1.54, 1.807) is 30.3 Å². The number of anilines is 1. The number of thioether (sulfide) groups is 1. The van der Waals surface area contributed by atoms with Crippen molar-refractivity contribution in [2.75, 3.05) is 11.5 Å². The van der Waals surface area contributed by atoms with Crippen LogP contribution in [0, 0.1) is 5.92 Å². The standard InChI is InChI=1S/C31H28ClN3O4S2/c1-19(2)15-16-39-24-10-6-9-22(17-24)26-25(27(36)21-7-4-3-5-8-21)28(37)29(38)35(26)30-33-34-31(41-30)40-18-20-11-13-23(32)14-12-20/h3-14,17,19,26,36H,15-16,18H2,1-2H3. The lowest BCUT2D eigenvalue weighted by Gasteiger charge is -2.23. The van der Waals surface area contributed by atoms with E-state index in [1.807, 2.05) is 48.5 Å². The highest BCUT2D eigenvalue weighted by molar-refractivity contribution is 8.00. The summed E-state index contributed by atoms with van der Waals surface area (Å²) in [4.78, 5) is 28.3. The number of halogens is 1. The van der Waals surface area contributed by atoms with Gasteiger partial charge in [-0.15, -0.1) is 10.2 Å². The number of carbonyl (C=O) groups is 2. The van der Waals surface area contributed by atoms with Gasteiger partial charge in [0, 0.05) is 16.3 Å². The molecule has 1 aliphatic heterocycles. The zero-order valence-corrected chi connectivity index (χ0v) is 24.9. The number of aromatic nitrogens is 2. The fraction of sp³-hybridized carbons (Fsp3) is 0.226. The molecule has 0 bridgehead atoms. The molecule has 4 aromatic rings. The van der Waals surface area contributed by atoms with Crippen molar-refractivity contribution >= 4 is 57.3 Å². The summed E-state index contributed by atoms with van der Waals surface area (Å²) in [6.07, 6.45) is 0.887. The smallest absolute Gasteiger partial charge is 0.301 e. The Balaban J connectivity index is 1.51. The van der Waals surface area contributed by atoms with Crippen LogP contribution in [-0.2, 0) is 15.3 Å². The maximum atomic E-state index is 13.5. The molecule has 7 nitrogen and oxygen atoms in total. The van der Waals surface area contributed by atoms with Crippen LogP contribution in [0.1, 0.15) is 43.0 Å². The first-order chi connectivity index (χ1) is 19.8. The molecule has 3 aromatic carbocycles. The minimum atomic E-state index is -0.911. The maximum absolute atomic E-state index is 13.5. The number of rotatable bonds is 10. The summed E-state index contributed by atoms with van der Waals surface area (Å²) in [6.45, 7) is 4.79. The molecule has 0 saturated carbocycles. The number of aliphatic hydroxyl groups is 1. The average Bonchev–Trinajstić information content (AvgIpc) is 3.54. The van der Waals surface area contributed by atoms with E-state index in [9.17, 15) is 14.7 Å². The molecule has 2 heterocycles. The van der Waals surface area contributed by atoms with Crippen LogP contribution < -0.4 is 9.64 Å². The molecule has 1 fully saturated rings. The summed E-state index contributed by atoms with van der Waals surface area (Å²) < 4.78 is 6.62. The molecule has 1 aliphatic rings. The average molecular weight is 606 g/mol. The summed E-state index contributed by atoms with van der Waals surface area (Å²) in [5, 5.41) is 20.8. The first-order valence-electron chi connectivity index (χ1n) is 13.1. The lowest BCUT2D eigenvalue weighted by Crippen LogP contribution is -2.29.